The molecule has 0 saturated carbocycles. The number of ether oxygens (including phenoxy) is 1. The summed E-state index contributed by atoms with van der Waals surface area (Å²) in [6.45, 7) is 5.84. The highest BCUT2D eigenvalue weighted by Crippen LogP contribution is 2.25. The quantitative estimate of drug-likeness (QED) is 0.560. The van der Waals surface area contributed by atoms with Gasteiger partial charge in [0.1, 0.15) is 0 Å². The van der Waals surface area contributed by atoms with E-state index in [1.54, 1.807) is 18.2 Å². The Morgan fingerprint density at radius 3 is 2.50 bits per heavy atom. The van der Waals surface area contributed by atoms with E-state index in [4.69, 9.17) is 10.5 Å². The molecular weight excluding hydrogens is 300 g/mol. The lowest BCUT2D eigenvalue weighted by Crippen LogP contribution is -2.13. The maximum Gasteiger partial charge on any atom is 0.340 e. The van der Waals surface area contributed by atoms with Gasteiger partial charge < -0.3 is 15.8 Å². The van der Waals surface area contributed by atoms with Gasteiger partial charge in [0, 0.05) is 11.4 Å². The van der Waals surface area contributed by atoms with Gasteiger partial charge in [0.2, 0.25) is 0 Å². The molecule has 0 aliphatic heterocycles. The minimum Gasteiger partial charge on any atom is -0.459 e. The molecule has 0 aliphatic rings. The Hall–Kier alpha value is -2.49. The van der Waals surface area contributed by atoms with Crippen molar-refractivity contribution in [3.8, 4) is 0 Å². The molecule has 0 atom stereocenters. The summed E-state index contributed by atoms with van der Waals surface area (Å²) in [7, 11) is 0. The highest BCUT2D eigenvalue weighted by atomic mass is 16.5. The molecule has 4 nitrogen and oxygen atoms in total. The average Bonchev–Trinajstić information content (AvgIpc) is 2.55. The molecule has 0 spiro atoms. The molecule has 2 aromatic carbocycles. The Morgan fingerprint density at radius 1 is 1.17 bits per heavy atom. The summed E-state index contributed by atoms with van der Waals surface area (Å²) in [5, 5.41) is 3.28. The van der Waals surface area contributed by atoms with Crippen LogP contribution in [0.15, 0.2) is 42.5 Å². The molecule has 2 rings (SSSR count). The second kappa shape index (κ2) is 8.39. The fourth-order valence-electron chi connectivity index (χ4n) is 2.41. The lowest BCUT2D eigenvalue weighted by Gasteiger charge is -2.14. The Morgan fingerprint density at radius 2 is 1.88 bits per heavy atom. The molecule has 4 heteroatoms. The van der Waals surface area contributed by atoms with Gasteiger partial charge in [0.15, 0.2) is 0 Å². The second-order valence-corrected chi connectivity index (χ2v) is 6.18. The molecule has 0 saturated heterocycles. The highest BCUT2D eigenvalue weighted by molar-refractivity contribution is 5.97. The molecule has 24 heavy (non-hydrogen) atoms. The van der Waals surface area contributed by atoms with Gasteiger partial charge in [0.25, 0.3) is 0 Å². The number of nitrogens with two attached hydrogens (primary N) is 1. The number of hydrogen-bond donors (Lipinski definition) is 2. The first-order valence-electron chi connectivity index (χ1n) is 8.46. The lowest BCUT2D eigenvalue weighted by molar-refractivity contribution is 0.0379. The van der Waals surface area contributed by atoms with E-state index in [9.17, 15) is 4.79 Å². The first-order valence-corrected chi connectivity index (χ1v) is 8.46. The van der Waals surface area contributed by atoms with Gasteiger partial charge >= 0.3 is 5.97 Å². The number of benzene rings is 2. The van der Waals surface area contributed by atoms with Crippen molar-refractivity contribution < 1.29 is 9.53 Å². The zero-order valence-corrected chi connectivity index (χ0v) is 14.6. The van der Waals surface area contributed by atoms with Crippen molar-refractivity contribution >= 4 is 23.0 Å². The normalized spacial score (nSPS) is 10.7. The van der Waals surface area contributed by atoms with Gasteiger partial charge in [-0.05, 0) is 62.6 Å². The molecule has 0 radical (unpaired) electrons. The molecule has 0 aliphatic carbocycles. The SMILES string of the molecule is CCCCc1ccc(Nc2ccc(N)cc2C(=O)OC(C)C)cc1. The van der Waals surface area contributed by atoms with Crippen molar-refractivity contribution in [2.75, 3.05) is 11.1 Å². The van der Waals surface area contributed by atoms with E-state index in [1.807, 2.05) is 26.0 Å². The maximum atomic E-state index is 12.3. The van der Waals surface area contributed by atoms with Crippen molar-refractivity contribution in [3.05, 3.63) is 53.6 Å². The molecule has 2 aromatic rings. The van der Waals surface area contributed by atoms with Crippen molar-refractivity contribution in [2.24, 2.45) is 0 Å². The number of nitrogens with one attached hydrogen (secondary N) is 1. The van der Waals surface area contributed by atoms with Crippen LogP contribution in [0.1, 0.15) is 49.5 Å². The third-order valence-electron chi connectivity index (χ3n) is 3.66. The summed E-state index contributed by atoms with van der Waals surface area (Å²) in [4.78, 5) is 12.3. The lowest BCUT2D eigenvalue weighted by atomic mass is 10.1. The fraction of sp³-hybridized carbons (Fsp3) is 0.350. The van der Waals surface area contributed by atoms with E-state index in [0.29, 0.717) is 16.9 Å². The van der Waals surface area contributed by atoms with Crippen LogP contribution in [-0.2, 0) is 11.2 Å². The highest BCUT2D eigenvalue weighted by Gasteiger charge is 2.15. The largest absolute Gasteiger partial charge is 0.459 e. The van der Waals surface area contributed by atoms with E-state index >= 15 is 0 Å². The monoisotopic (exact) mass is 326 g/mol. The van der Waals surface area contributed by atoms with Gasteiger partial charge in [-0.3, -0.25) is 0 Å². The van der Waals surface area contributed by atoms with Gasteiger partial charge in [0.05, 0.1) is 17.4 Å². The van der Waals surface area contributed by atoms with Crippen LogP contribution in [-0.4, -0.2) is 12.1 Å². The molecule has 0 bridgehead atoms. The third-order valence-corrected chi connectivity index (χ3v) is 3.66. The van der Waals surface area contributed by atoms with Crippen molar-refractivity contribution in [1.82, 2.24) is 0 Å². The Kier molecular flexibility index (Phi) is 6.24. The van der Waals surface area contributed by atoms with Crippen molar-refractivity contribution in [1.29, 1.82) is 0 Å². The molecule has 0 unspecified atom stereocenters. The molecule has 0 heterocycles. The number of aryl methyl sites for hydroxylation is 1. The van der Waals surface area contributed by atoms with Crippen LogP contribution in [0.25, 0.3) is 0 Å². The van der Waals surface area contributed by atoms with Crippen LogP contribution < -0.4 is 11.1 Å². The van der Waals surface area contributed by atoms with Crippen molar-refractivity contribution in [3.63, 3.8) is 0 Å². The predicted molar refractivity (Wildman–Crippen MR) is 99.7 cm³/mol. The van der Waals surface area contributed by atoms with Crippen LogP contribution in [0, 0.1) is 0 Å². The number of rotatable bonds is 7. The Labute approximate surface area is 144 Å². The number of carbonyl (C=O) groups is 1. The molecule has 3 N–H and O–H groups in total. The van der Waals surface area contributed by atoms with E-state index in [1.165, 1.54) is 18.4 Å². The minimum absolute atomic E-state index is 0.176. The second-order valence-electron chi connectivity index (χ2n) is 6.18. The average molecular weight is 326 g/mol. The number of unbranched alkanes of at least 4 members (excludes halogenated alkanes) is 1. The van der Waals surface area contributed by atoms with Crippen molar-refractivity contribution in [2.45, 2.75) is 46.1 Å². The standard InChI is InChI=1S/C20H26N2O2/c1-4-5-6-15-7-10-17(11-8-15)22-19-12-9-16(21)13-18(19)20(23)24-14(2)3/h7-14,22H,4-6,21H2,1-3H3. The summed E-state index contributed by atoms with van der Waals surface area (Å²) in [6, 6.07) is 13.5. The number of esters is 1. The fourth-order valence-corrected chi connectivity index (χ4v) is 2.41. The molecular formula is C20H26N2O2. The topological polar surface area (TPSA) is 64.3 Å². The molecule has 0 amide bonds. The summed E-state index contributed by atoms with van der Waals surface area (Å²) in [5.41, 5.74) is 9.74. The van der Waals surface area contributed by atoms with Crippen LogP contribution in [0.2, 0.25) is 0 Å². The zero-order valence-electron chi connectivity index (χ0n) is 14.6. The summed E-state index contributed by atoms with van der Waals surface area (Å²) < 4.78 is 5.30. The number of anilines is 3. The first kappa shape index (κ1) is 17.9. The minimum atomic E-state index is -0.376. The summed E-state index contributed by atoms with van der Waals surface area (Å²) in [5.74, 6) is -0.376. The van der Waals surface area contributed by atoms with Gasteiger partial charge in [-0.25, -0.2) is 4.79 Å². The Bertz CT molecular complexity index is 679. The van der Waals surface area contributed by atoms with Gasteiger partial charge in [-0.15, -0.1) is 0 Å². The van der Waals surface area contributed by atoms with Crippen LogP contribution >= 0.6 is 0 Å². The summed E-state index contributed by atoms with van der Waals surface area (Å²) >= 11 is 0. The molecule has 128 valence electrons. The van der Waals surface area contributed by atoms with Gasteiger partial charge in [-0.1, -0.05) is 25.5 Å². The van der Waals surface area contributed by atoms with E-state index in [0.717, 1.165) is 12.1 Å². The maximum absolute atomic E-state index is 12.3. The van der Waals surface area contributed by atoms with E-state index in [2.05, 4.69) is 24.4 Å². The van der Waals surface area contributed by atoms with Crippen LogP contribution in [0.4, 0.5) is 17.1 Å². The number of hydrogen-bond acceptors (Lipinski definition) is 4. The molecule has 0 aromatic heterocycles. The third kappa shape index (κ3) is 5.01. The predicted octanol–water partition coefficient (Wildman–Crippen LogP) is 4.92. The van der Waals surface area contributed by atoms with Crippen LogP contribution in [0.3, 0.4) is 0 Å². The van der Waals surface area contributed by atoms with E-state index in [-0.39, 0.29) is 12.1 Å². The zero-order chi connectivity index (χ0) is 17.5. The number of carbonyl (C=O) groups excluding carboxylic acids is 1. The number of nitrogen functional groups attached to an aromatic ring is 1. The van der Waals surface area contributed by atoms with Crippen LogP contribution in [0.5, 0.6) is 0 Å². The Balaban J connectivity index is 2.18. The summed E-state index contributed by atoms with van der Waals surface area (Å²) in [6.07, 6.45) is 3.29. The van der Waals surface area contributed by atoms with E-state index < -0.39 is 0 Å². The molecule has 0 fully saturated rings. The van der Waals surface area contributed by atoms with Gasteiger partial charge in [-0.2, -0.15) is 0 Å². The first-order chi connectivity index (χ1) is 11.5. The smallest absolute Gasteiger partial charge is 0.340 e.